The molecule has 2 aromatic rings. The van der Waals surface area contributed by atoms with Gasteiger partial charge in [0.2, 0.25) is 5.91 Å². The molecule has 6 heteroatoms. The molecule has 118 valence electrons. The van der Waals surface area contributed by atoms with E-state index in [9.17, 15) is 4.79 Å². The van der Waals surface area contributed by atoms with Crippen LogP contribution >= 0.6 is 11.6 Å². The summed E-state index contributed by atoms with van der Waals surface area (Å²) in [6.45, 7) is 3.74. The van der Waals surface area contributed by atoms with Crippen molar-refractivity contribution in [3.63, 3.8) is 0 Å². The van der Waals surface area contributed by atoms with Gasteiger partial charge in [-0.3, -0.25) is 4.79 Å². The first-order valence-electron chi connectivity index (χ1n) is 7.07. The van der Waals surface area contributed by atoms with E-state index in [1.54, 1.807) is 12.1 Å². The highest BCUT2D eigenvalue weighted by Crippen LogP contribution is 2.28. The predicted octanol–water partition coefficient (Wildman–Crippen LogP) is 3.58. The van der Waals surface area contributed by atoms with E-state index < -0.39 is 0 Å². The Hall–Kier alpha value is -2.01. The molecule has 1 heterocycles. The Kier molecular flexibility index (Phi) is 5.08. The normalized spacial score (nSPS) is 10.6. The lowest BCUT2D eigenvalue weighted by Crippen LogP contribution is -2.17. The summed E-state index contributed by atoms with van der Waals surface area (Å²) in [6, 6.07) is 5.44. The first-order chi connectivity index (χ1) is 10.4. The number of benzene rings is 1. The molecule has 0 saturated carbocycles. The van der Waals surface area contributed by atoms with E-state index in [1.165, 1.54) is 0 Å². The van der Waals surface area contributed by atoms with E-state index in [-0.39, 0.29) is 5.91 Å². The fourth-order valence-electron chi connectivity index (χ4n) is 2.31. The lowest BCUT2D eigenvalue weighted by molar-refractivity contribution is -0.116. The van der Waals surface area contributed by atoms with Crippen LogP contribution in [0.3, 0.4) is 0 Å². The average Bonchev–Trinajstić information content (AvgIpc) is 2.75. The molecule has 5 nitrogen and oxygen atoms in total. The molecule has 22 heavy (non-hydrogen) atoms. The van der Waals surface area contributed by atoms with Gasteiger partial charge in [-0.15, -0.1) is 0 Å². The highest BCUT2D eigenvalue weighted by atomic mass is 35.5. The zero-order valence-electron chi connectivity index (χ0n) is 13.2. The second-order valence-electron chi connectivity index (χ2n) is 5.41. The Morgan fingerprint density at radius 3 is 2.68 bits per heavy atom. The Labute approximate surface area is 135 Å². The summed E-state index contributed by atoms with van der Waals surface area (Å²) in [5, 5.41) is 7.40. The van der Waals surface area contributed by atoms with Crippen LogP contribution in [0.2, 0.25) is 5.02 Å². The molecule has 0 fully saturated rings. The van der Waals surface area contributed by atoms with Gasteiger partial charge in [-0.2, -0.15) is 0 Å². The third-order valence-corrected chi connectivity index (χ3v) is 3.73. The topological polar surface area (TPSA) is 58.4 Å². The average molecular weight is 322 g/mol. The Bertz CT molecular complexity index is 661. The number of hydrogen-bond acceptors (Lipinski definition) is 4. The van der Waals surface area contributed by atoms with Gasteiger partial charge in [0.15, 0.2) is 0 Å². The zero-order chi connectivity index (χ0) is 16.3. The van der Waals surface area contributed by atoms with Crippen molar-refractivity contribution in [1.29, 1.82) is 0 Å². The van der Waals surface area contributed by atoms with E-state index in [0.717, 1.165) is 22.7 Å². The van der Waals surface area contributed by atoms with Crippen LogP contribution in [0.5, 0.6) is 0 Å². The van der Waals surface area contributed by atoms with Crippen molar-refractivity contribution in [3.05, 3.63) is 40.2 Å². The summed E-state index contributed by atoms with van der Waals surface area (Å²) >= 11 is 6.01. The molecule has 1 N–H and O–H groups in total. The number of hydrogen-bond donors (Lipinski definition) is 1. The number of anilines is 2. The molecule has 0 atom stereocenters. The maximum Gasteiger partial charge on any atom is 0.224 e. The quantitative estimate of drug-likeness (QED) is 0.914. The number of carbonyl (C=O) groups excluding carboxylic acids is 1. The van der Waals surface area contributed by atoms with Crippen LogP contribution < -0.4 is 10.2 Å². The second-order valence-corrected chi connectivity index (χ2v) is 5.84. The summed E-state index contributed by atoms with van der Waals surface area (Å²) < 4.78 is 5.11. The zero-order valence-corrected chi connectivity index (χ0v) is 14.0. The van der Waals surface area contributed by atoms with Crippen LogP contribution in [0.4, 0.5) is 11.4 Å². The number of nitrogens with one attached hydrogen (secondary N) is 1. The van der Waals surface area contributed by atoms with Crippen molar-refractivity contribution in [2.45, 2.75) is 26.7 Å². The van der Waals surface area contributed by atoms with Gasteiger partial charge in [-0.1, -0.05) is 16.8 Å². The lowest BCUT2D eigenvalue weighted by Gasteiger charge is -2.18. The van der Waals surface area contributed by atoms with E-state index in [1.807, 2.05) is 38.9 Å². The summed E-state index contributed by atoms with van der Waals surface area (Å²) in [6.07, 6.45) is 0.965. The van der Waals surface area contributed by atoms with Crippen LogP contribution in [0.15, 0.2) is 22.7 Å². The number of rotatable bonds is 5. The van der Waals surface area contributed by atoms with Crippen LogP contribution in [0.1, 0.15) is 23.4 Å². The van der Waals surface area contributed by atoms with E-state index in [4.69, 9.17) is 16.1 Å². The van der Waals surface area contributed by atoms with Crippen molar-refractivity contribution >= 4 is 28.9 Å². The van der Waals surface area contributed by atoms with Crippen LogP contribution in [-0.4, -0.2) is 25.2 Å². The summed E-state index contributed by atoms with van der Waals surface area (Å²) in [7, 11) is 3.84. The smallest absolute Gasteiger partial charge is 0.224 e. The predicted molar refractivity (Wildman–Crippen MR) is 88.7 cm³/mol. The molecule has 0 spiro atoms. The molecule has 0 bridgehead atoms. The molecular formula is C16H20ClN3O2. The van der Waals surface area contributed by atoms with Crippen molar-refractivity contribution in [2.75, 3.05) is 24.3 Å². The van der Waals surface area contributed by atoms with Gasteiger partial charge in [0, 0.05) is 31.1 Å². The molecule has 0 aliphatic rings. The van der Waals surface area contributed by atoms with Gasteiger partial charge < -0.3 is 14.7 Å². The molecule has 0 aliphatic carbocycles. The Balaban J connectivity index is 2.05. The SMILES string of the molecule is Cc1noc(C)c1CCC(=O)Nc1cc(Cl)ccc1N(C)C. The standard InChI is InChI=1S/C16H20ClN3O2/c1-10-13(11(2)22-19-10)6-8-16(21)18-14-9-12(17)5-7-15(14)20(3)4/h5,7,9H,6,8H2,1-4H3,(H,18,21). The van der Waals surface area contributed by atoms with Crippen molar-refractivity contribution in [1.82, 2.24) is 5.16 Å². The lowest BCUT2D eigenvalue weighted by atomic mass is 10.1. The van der Waals surface area contributed by atoms with Gasteiger partial charge in [0.05, 0.1) is 17.1 Å². The van der Waals surface area contributed by atoms with Gasteiger partial charge >= 0.3 is 0 Å². The maximum atomic E-state index is 12.2. The fraction of sp³-hybridized carbons (Fsp3) is 0.375. The minimum absolute atomic E-state index is 0.0645. The minimum Gasteiger partial charge on any atom is -0.376 e. The number of halogens is 1. The van der Waals surface area contributed by atoms with Gasteiger partial charge in [0.25, 0.3) is 0 Å². The molecule has 1 amide bonds. The number of amides is 1. The van der Waals surface area contributed by atoms with Crippen molar-refractivity contribution in [3.8, 4) is 0 Å². The van der Waals surface area contributed by atoms with E-state index in [0.29, 0.717) is 23.6 Å². The van der Waals surface area contributed by atoms with Gasteiger partial charge in [0.1, 0.15) is 5.76 Å². The molecule has 1 aromatic heterocycles. The third kappa shape index (κ3) is 3.80. The molecule has 1 aromatic carbocycles. The first-order valence-corrected chi connectivity index (χ1v) is 7.44. The minimum atomic E-state index is -0.0645. The maximum absolute atomic E-state index is 12.2. The van der Waals surface area contributed by atoms with Crippen LogP contribution in [0, 0.1) is 13.8 Å². The number of aromatic nitrogens is 1. The van der Waals surface area contributed by atoms with Crippen molar-refractivity contribution < 1.29 is 9.32 Å². The number of nitrogens with zero attached hydrogens (tertiary/aromatic N) is 2. The highest BCUT2D eigenvalue weighted by Gasteiger charge is 2.13. The molecule has 0 aliphatic heterocycles. The molecule has 0 saturated heterocycles. The fourth-order valence-corrected chi connectivity index (χ4v) is 2.48. The van der Waals surface area contributed by atoms with E-state index in [2.05, 4.69) is 10.5 Å². The van der Waals surface area contributed by atoms with Crippen molar-refractivity contribution in [2.24, 2.45) is 0 Å². The molecule has 2 rings (SSSR count). The highest BCUT2D eigenvalue weighted by molar-refractivity contribution is 6.31. The first kappa shape index (κ1) is 16.4. The molecule has 0 unspecified atom stereocenters. The van der Waals surface area contributed by atoms with E-state index >= 15 is 0 Å². The summed E-state index contributed by atoms with van der Waals surface area (Å²) in [5.74, 6) is 0.701. The largest absolute Gasteiger partial charge is 0.376 e. The van der Waals surface area contributed by atoms with Crippen LogP contribution in [0.25, 0.3) is 0 Å². The number of carbonyl (C=O) groups is 1. The number of aryl methyl sites for hydroxylation is 2. The molecule has 0 radical (unpaired) electrons. The third-order valence-electron chi connectivity index (χ3n) is 3.50. The van der Waals surface area contributed by atoms with Crippen LogP contribution in [-0.2, 0) is 11.2 Å². The molecular weight excluding hydrogens is 302 g/mol. The summed E-state index contributed by atoms with van der Waals surface area (Å²) in [5.41, 5.74) is 3.45. The Morgan fingerprint density at radius 2 is 2.09 bits per heavy atom. The van der Waals surface area contributed by atoms with Gasteiger partial charge in [-0.25, -0.2) is 0 Å². The second kappa shape index (κ2) is 6.83. The monoisotopic (exact) mass is 321 g/mol. The Morgan fingerprint density at radius 1 is 1.36 bits per heavy atom. The van der Waals surface area contributed by atoms with Gasteiger partial charge in [-0.05, 0) is 38.5 Å². The summed E-state index contributed by atoms with van der Waals surface area (Å²) in [4.78, 5) is 14.1.